The fraction of sp³-hybridized carbons (Fsp3) is 0. The molecule has 8 aromatic carbocycles. The molecule has 0 spiro atoms. The van der Waals surface area contributed by atoms with E-state index in [1.54, 1.807) is 0 Å². The second kappa shape index (κ2) is 10.8. The van der Waals surface area contributed by atoms with E-state index in [-0.39, 0.29) is 0 Å². The highest BCUT2D eigenvalue weighted by molar-refractivity contribution is 6.19. The van der Waals surface area contributed by atoms with Crippen LogP contribution in [-0.2, 0) is 0 Å². The molecule has 0 fully saturated rings. The Balaban J connectivity index is 1.28. The number of benzene rings is 8. The lowest BCUT2D eigenvalue weighted by atomic mass is 9.97. The zero-order valence-electron chi connectivity index (χ0n) is 25.1. The lowest BCUT2D eigenvalue weighted by Gasteiger charge is -2.27. The smallest absolute Gasteiger partial charge is 0.145 e. The molecule has 0 N–H and O–H groups in total. The molecule has 0 amide bonds. The van der Waals surface area contributed by atoms with E-state index in [1.165, 1.54) is 33.0 Å². The SMILES string of the molecule is c1ccc(-c2cccc(N(c3ccc(-c4cccc5ccccc45)cc3)c3cccc4ccc5c6ccccc6oc5c34)c2)cc1. The molecule has 0 radical (unpaired) electrons. The van der Waals surface area contributed by atoms with E-state index < -0.39 is 0 Å². The van der Waals surface area contributed by atoms with Gasteiger partial charge in [0.15, 0.2) is 0 Å². The van der Waals surface area contributed by atoms with E-state index in [1.807, 2.05) is 6.07 Å². The Bertz CT molecular complexity index is 2520. The summed E-state index contributed by atoms with van der Waals surface area (Å²) in [6.07, 6.45) is 0. The molecule has 0 atom stereocenters. The van der Waals surface area contributed by atoms with Gasteiger partial charge in [-0.1, -0.05) is 133 Å². The molecule has 0 aliphatic rings. The first-order valence-electron chi connectivity index (χ1n) is 15.7. The van der Waals surface area contributed by atoms with Crippen LogP contribution in [0.1, 0.15) is 0 Å². The Kier molecular flexibility index (Phi) is 6.17. The second-order valence-electron chi connectivity index (χ2n) is 11.7. The fourth-order valence-corrected chi connectivity index (χ4v) is 6.87. The average Bonchev–Trinajstić information content (AvgIpc) is 3.51. The Morgan fingerprint density at radius 1 is 0.391 bits per heavy atom. The summed E-state index contributed by atoms with van der Waals surface area (Å²) in [6.45, 7) is 0. The van der Waals surface area contributed by atoms with Gasteiger partial charge in [0.25, 0.3) is 0 Å². The highest BCUT2D eigenvalue weighted by Crippen LogP contribution is 2.44. The van der Waals surface area contributed by atoms with Crippen molar-refractivity contribution < 1.29 is 4.42 Å². The summed E-state index contributed by atoms with van der Waals surface area (Å²) in [6, 6.07) is 62.7. The molecule has 0 aliphatic carbocycles. The Morgan fingerprint density at radius 3 is 1.98 bits per heavy atom. The summed E-state index contributed by atoms with van der Waals surface area (Å²) in [5.41, 5.74) is 9.83. The zero-order chi connectivity index (χ0) is 30.5. The summed E-state index contributed by atoms with van der Waals surface area (Å²) in [7, 11) is 0. The van der Waals surface area contributed by atoms with Crippen molar-refractivity contribution in [2.24, 2.45) is 0 Å². The summed E-state index contributed by atoms with van der Waals surface area (Å²) in [4.78, 5) is 2.37. The van der Waals surface area contributed by atoms with Crippen LogP contribution in [0.3, 0.4) is 0 Å². The van der Waals surface area contributed by atoms with Gasteiger partial charge in [0.1, 0.15) is 11.2 Å². The molecule has 2 heteroatoms. The summed E-state index contributed by atoms with van der Waals surface area (Å²) in [5.74, 6) is 0. The quantitative estimate of drug-likeness (QED) is 0.199. The van der Waals surface area contributed by atoms with Crippen molar-refractivity contribution in [3.63, 3.8) is 0 Å². The normalized spacial score (nSPS) is 11.5. The van der Waals surface area contributed by atoms with Crippen LogP contribution < -0.4 is 4.90 Å². The molecule has 0 unspecified atom stereocenters. The van der Waals surface area contributed by atoms with Crippen LogP contribution in [0.5, 0.6) is 0 Å². The molecule has 46 heavy (non-hydrogen) atoms. The molecular weight excluding hydrogens is 558 g/mol. The third kappa shape index (κ3) is 4.35. The van der Waals surface area contributed by atoms with Gasteiger partial charge < -0.3 is 9.32 Å². The molecule has 0 bridgehead atoms. The number of hydrogen-bond donors (Lipinski definition) is 0. The third-order valence-electron chi connectivity index (χ3n) is 9.04. The van der Waals surface area contributed by atoms with Gasteiger partial charge in [-0.25, -0.2) is 0 Å². The number of nitrogens with zero attached hydrogens (tertiary/aromatic N) is 1. The number of anilines is 3. The van der Waals surface area contributed by atoms with Gasteiger partial charge in [-0.05, 0) is 80.9 Å². The van der Waals surface area contributed by atoms with E-state index in [0.717, 1.165) is 49.8 Å². The second-order valence-corrected chi connectivity index (χ2v) is 11.7. The maximum absolute atomic E-state index is 6.61. The number of rotatable bonds is 5. The first kappa shape index (κ1) is 26.3. The number of fused-ring (bicyclic) bond motifs is 6. The van der Waals surface area contributed by atoms with Crippen molar-refractivity contribution in [2.45, 2.75) is 0 Å². The molecule has 9 aromatic rings. The lowest BCUT2D eigenvalue weighted by molar-refractivity contribution is 0.672. The molecule has 0 aliphatic heterocycles. The van der Waals surface area contributed by atoms with Gasteiger partial charge in [-0.2, -0.15) is 0 Å². The number of para-hydroxylation sites is 1. The predicted molar refractivity (Wildman–Crippen MR) is 194 cm³/mol. The van der Waals surface area contributed by atoms with Crippen molar-refractivity contribution >= 4 is 60.5 Å². The first-order valence-corrected chi connectivity index (χ1v) is 15.7. The highest BCUT2D eigenvalue weighted by atomic mass is 16.3. The Hall–Kier alpha value is -6.12. The molecule has 2 nitrogen and oxygen atoms in total. The summed E-state index contributed by atoms with van der Waals surface area (Å²) < 4.78 is 6.61. The minimum Gasteiger partial charge on any atom is -0.455 e. The van der Waals surface area contributed by atoms with Gasteiger partial charge in [0.05, 0.1) is 5.69 Å². The molecule has 1 heterocycles. The number of furan rings is 1. The highest BCUT2D eigenvalue weighted by Gasteiger charge is 2.20. The van der Waals surface area contributed by atoms with E-state index in [9.17, 15) is 0 Å². The van der Waals surface area contributed by atoms with Gasteiger partial charge in [-0.15, -0.1) is 0 Å². The van der Waals surface area contributed by atoms with Crippen LogP contribution in [0.4, 0.5) is 17.1 Å². The standard InChI is InChI=1S/C44H29NO/c1-2-11-30(12-3-1)34-16-8-17-36(29-34)45(35-26-23-32(24-27-35)38-20-9-14-31-13-4-5-18-37(31)38)41-21-10-15-33-25-28-40-39-19-6-7-22-42(39)46-44(40)43(33)41/h1-29H. The van der Waals surface area contributed by atoms with Crippen LogP contribution in [0.2, 0.25) is 0 Å². The fourth-order valence-electron chi connectivity index (χ4n) is 6.87. The predicted octanol–water partition coefficient (Wildman–Crippen LogP) is 12.7. The van der Waals surface area contributed by atoms with Crippen molar-refractivity contribution in [3.05, 3.63) is 176 Å². The monoisotopic (exact) mass is 587 g/mol. The van der Waals surface area contributed by atoms with Gasteiger partial charge in [0.2, 0.25) is 0 Å². The van der Waals surface area contributed by atoms with Crippen molar-refractivity contribution in [3.8, 4) is 22.3 Å². The van der Waals surface area contributed by atoms with Crippen LogP contribution >= 0.6 is 0 Å². The van der Waals surface area contributed by atoms with Crippen molar-refractivity contribution in [1.82, 2.24) is 0 Å². The zero-order valence-corrected chi connectivity index (χ0v) is 25.1. The summed E-state index contributed by atoms with van der Waals surface area (Å²) in [5, 5.41) is 6.99. The molecule has 1 aromatic heterocycles. The molecule has 216 valence electrons. The van der Waals surface area contributed by atoms with Crippen LogP contribution in [0, 0.1) is 0 Å². The molecule has 0 saturated carbocycles. The van der Waals surface area contributed by atoms with Crippen molar-refractivity contribution in [2.75, 3.05) is 4.90 Å². The average molecular weight is 588 g/mol. The minimum absolute atomic E-state index is 0.900. The molecular formula is C44H29NO. The van der Waals surface area contributed by atoms with Gasteiger partial charge in [-0.3, -0.25) is 0 Å². The minimum atomic E-state index is 0.900. The topological polar surface area (TPSA) is 16.4 Å². The Morgan fingerprint density at radius 2 is 1.09 bits per heavy atom. The Labute approximate surface area is 267 Å². The first-order chi connectivity index (χ1) is 22.8. The van der Waals surface area contributed by atoms with Crippen molar-refractivity contribution in [1.29, 1.82) is 0 Å². The van der Waals surface area contributed by atoms with E-state index in [4.69, 9.17) is 4.42 Å². The maximum atomic E-state index is 6.61. The maximum Gasteiger partial charge on any atom is 0.145 e. The van der Waals surface area contributed by atoms with Crippen LogP contribution in [-0.4, -0.2) is 0 Å². The largest absolute Gasteiger partial charge is 0.455 e. The lowest BCUT2D eigenvalue weighted by Crippen LogP contribution is -2.10. The molecule has 9 rings (SSSR count). The van der Waals surface area contributed by atoms with Gasteiger partial charge in [0, 0.05) is 27.5 Å². The van der Waals surface area contributed by atoms with Gasteiger partial charge >= 0.3 is 0 Å². The molecule has 0 saturated heterocycles. The van der Waals surface area contributed by atoms with E-state index >= 15 is 0 Å². The van der Waals surface area contributed by atoms with Crippen LogP contribution in [0.15, 0.2) is 180 Å². The van der Waals surface area contributed by atoms with E-state index in [2.05, 4.69) is 175 Å². The third-order valence-corrected chi connectivity index (χ3v) is 9.04. The summed E-state index contributed by atoms with van der Waals surface area (Å²) >= 11 is 0. The van der Waals surface area contributed by atoms with Crippen LogP contribution in [0.25, 0.3) is 65.7 Å². The van der Waals surface area contributed by atoms with E-state index in [0.29, 0.717) is 0 Å². The number of hydrogen-bond acceptors (Lipinski definition) is 2.